The van der Waals surface area contributed by atoms with Crippen LogP contribution in [0.15, 0.2) is 67.0 Å². The molecule has 1 aromatic heterocycles. The van der Waals surface area contributed by atoms with E-state index in [1.54, 1.807) is 36.7 Å². The lowest BCUT2D eigenvalue weighted by atomic mass is 9.99. The van der Waals surface area contributed by atoms with E-state index in [2.05, 4.69) is 15.6 Å². The van der Waals surface area contributed by atoms with Crippen LogP contribution in [0.25, 0.3) is 0 Å². The number of esters is 1. The fraction of sp³-hybridized carbons (Fsp3) is 0.308. The van der Waals surface area contributed by atoms with Crippen LogP contribution in [0.1, 0.15) is 48.1 Å². The number of benzene rings is 2. The van der Waals surface area contributed by atoms with E-state index in [0.29, 0.717) is 22.8 Å². The molecule has 1 unspecified atom stereocenters. The second kappa shape index (κ2) is 12.2. The molecular weight excluding hydrogens is 468 g/mol. The monoisotopic (exact) mass is 496 g/mol. The van der Waals surface area contributed by atoms with Crippen LogP contribution in [0.3, 0.4) is 0 Å². The van der Waals surface area contributed by atoms with Gasteiger partial charge in [0.15, 0.2) is 6.61 Å². The van der Waals surface area contributed by atoms with Crippen LogP contribution in [-0.2, 0) is 21.4 Å². The molecule has 0 aliphatic carbocycles. The maximum absolute atomic E-state index is 12.9. The van der Waals surface area contributed by atoms with Gasteiger partial charge in [0, 0.05) is 30.0 Å². The number of amides is 2. The zero-order chi connectivity index (χ0) is 25.4. The normalized spacial score (nSPS) is 13.4. The second-order valence-electron chi connectivity index (χ2n) is 8.26. The maximum atomic E-state index is 12.9. The lowest BCUT2D eigenvalue weighted by molar-refractivity contribution is -0.151. The summed E-state index contributed by atoms with van der Waals surface area (Å²) in [5.41, 5.74) is 1.21. The van der Waals surface area contributed by atoms with Gasteiger partial charge in [-0.25, -0.2) is 9.78 Å². The minimum atomic E-state index is -0.907. The lowest BCUT2D eigenvalue weighted by Gasteiger charge is -2.23. The Morgan fingerprint density at radius 1 is 1.06 bits per heavy atom. The number of nitrogens with one attached hydrogen (secondary N) is 2. The van der Waals surface area contributed by atoms with Crippen molar-refractivity contribution in [2.24, 2.45) is 13.0 Å². The fourth-order valence-corrected chi connectivity index (χ4v) is 3.65. The molecule has 0 fully saturated rings. The van der Waals surface area contributed by atoms with Crippen LogP contribution in [0.2, 0.25) is 5.02 Å². The highest BCUT2D eigenvalue weighted by molar-refractivity contribution is 6.30. The van der Waals surface area contributed by atoms with Crippen molar-refractivity contribution in [1.29, 1.82) is 0 Å². The van der Waals surface area contributed by atoms with Gasteiger partial charge in [-0.15, -0.1) is 0 Å². The van der Waals surface area contributed by atoms with Crippen LogP contribution < -0.4 is 10.6 Å². The molecule has 35 heavy (non-hydrogen) atoms. The van der Waals surface area contributed by atoms with Crippen molar-refractivity contribution >= 4 is 29.4 Å². The molecule has 0 saturated carbocycles. The average Bonchev–Trinajstić information content (AvgIpc) is 3.30. The maximum Gasteiger partial charge on any atom is 0.329 e. The van der Waals surface area contributed by atoms with Crippen molar-refractivity contribution in [3.63, 3.8) is 0 Å². The van der Waals surface area contributed by atoms with Gasteiger partial charge in [0.2, 0.25) is 0 Å². The predicted molar refractivity (Wildman–Crippen MR) is 133 cm³/mol. The third-order valence-electron chi connectivity index (χ3n) is 5.76. The summed E-state index contributed by atoms with van der Waals surface area (Å²) in [6.07, 6.45) is 4.07. The Morgan fingerprint density at radius 3 is 2.34 bits per heavy atom. The number of carbonyl (C=O) groups excluding carboxylic acids is 3. The molecule has 9 heteroatoms. The molecule has 0 aliphatic heterocycles. The van der Waals surface area contributed by atoms with Gasteiger partial charge in [-0.2, -0.15) is 0 Å². The molecule has 2 aromatic carbocycles. The molecule has 3 atom stereocenters. The van der Waals surface area contributed by atoms with Gasteiger partial charge in [0.05, 0.1) is 0 Å². The predicted octanol–water partition coefficient (Wildman–Crippen LogP) is 3.67. The van der Waals surface area contributed by atoms with Crippen molar-refractivity contribution in [3.8, 4) is 0 Å². The first-order valence-electron chi connectivity index (χ1n) is 11.3. The molecule has 0 bridgehead atoms. The molecule has 3 aromatic rings. The summed E-state index contributed by atoms with van der Waals surface area (Å²) in [6, 6.07) is 14.3. The Kier molecular flexibility index (Phi) is 9.03. The van der Waals surface area contributed by atoms with Crippen molar-refractivity contribution in [1.82, 2.24) is 20.2 Å². The van der Waals surface area contributed by atoms with E-state index >= 15 is 0 Å². The Bertz CT molecular complexity index is 1150. The Morgan fingerprint density at radius 2 is 1.74 bits per heavy atom. The number of aryl methyl sites for hydroxylation is 1. The summed E-state index contributed by atoms with van der Waals surface area (Å²) in [5.74, 6) is -1.14. The van der Waals surface area contributed by atoms with Crippen LogP contribution in [0.5, 0.6) is 0 Å². The van der Waals surface area contributed by atoms with Gasteiger partial charge >= 0.3 is 5.97 Å². The summed E-state index contributed by atoms with van der Waals surface area (Å²) < 4.78 is 7.13. The smallest absolute Gasteiger partial charge is 0.329 e. The Labute approximate surface area is 209 Å². The molecule has 1 heterocycles. The Hall–Kier alpha value is -3.65. The highest BCUT2D eigenvalue weighted by Crippen LogP contribution is 2.20. The third kappa shape index (κ3) is 6.93. The largest absolute Gasteiger partial charge is 0.454 e. The van der Waals surface area contributed by atoms with Crippen LogP contribution in [0.4, 0.5) is 0 Å². The molecule has 3 rings (SSSR count). The summed E-state index contributed by atoms with van der Waals surface area (Å²) in [6.45, 7) is 3.25. The summed E-state index contributed by atoms with van der Waals surface area (Å²) in [7, 11) is 1.84. The van der Waals surface area contributed by atoms with E-state index in [9.17, 15) is 14.4 Å². The van der Waals surface area contributed by atoms with Crippen molar-refractivity contribution in [3.05, 3.63) is 89.0 Å². The first-order valence-corrected chi connectivity index (χ1v) is 11.7. The summed E-state index contributed by atoms with van der Waals surface area (Å²) in [5, 5.41) is 6.11. The molecule has 8 nitrogen and oxygen atoms in total. The standard InChI is InChI=1S/C26H29ClN4O4/c1-4-17(2)22(30-25(33)19-10-12-20(27)13-11-19)26(34)35-16-21(32)29-23(18-8-6-5-7-9-18)24-28-14-15-31(24)3/h5-15,17,22-23H,4,16H2,1-3H3,(H,29,32)(H,30,33)/t17-,22-,23?/m0/s1. The lowest BCUT2D eigenvalue weighted by Crippen LogP contribution is -2.47. The highest BCUT2D eigenvalue weighted by Gasteiger charge is 2.29. The first-order chi connectivity index (χ1) is 16.8. The van der Waals surface area contributed by atoms with Gasteiger partial charge in [-0.1, -0.05) is 62.2 Å². The molecule has 0 spiro atoms. The van der Waals surface area contributed by atoms with E-state index < -0.39 is 36.5 Å². The topological polar surface area (TPSA) is 102 Å². The number of aromatic nitrogens is 2. The fourth-order valence-electron chi connectivity index (χ4n) is 3.52. The number of ether oxygens (including phenoxy) is 1. The first kappa shape index (κ1) is 26.0. The van der Waals surface area contributed by atoms with E-state index in [1.807, 2.05) is 55.8 Å². The summed E-state index contributed by atoms with van der Waals surface area (Å²) >= 11 is 5.88. The van der Waals surface area contributed by atoms with E-state index in [1.165, 1.54) is 0 Å². The number of rotatable bonds is 10. The van der Waals surface area contributed by atoms with Gasteiger partial charge in [0.1, 0.15) is 17.9 Å². The number of hydrogen-bond donors (Lipinski definition) is 2. The number of halogens is 1. The third-order valence-corrected chi connectivity index (χ3v) is 6.01. The van der Waals surface area contributed by atoms with E-state index in [-0.39, 0.29) is 5.92 Å². The van der Waals surface area contributed by atoms with Crippen molar-refractivity contribution < 1.29 is 19.1 Å². The molecule has 0 saturated heterocycles. The highest BCUT2D eigenvalue weighted by atomic mass is 35.5. The molecule has 0 aliphatic rings. The zero-order valence-electron chi connectivity index (χ0n) is 19.9. The molecule has 2 amide bonds. The van der Waals surface area contributed by atoms with Crippen LogP contribution in [-0.4, -0.2) is 40.0 Å². The van der Waals surface area contributed by atoms with Gasteiger partial charge in [0.25, 0.3) is 11.8 Å². The molecule has 184 valence electrons. The Balaban J connectivity index is 1.65. The molecule has 0 radical (unpaired) electrons. The van der Waals surface area contributed by atoms with Crippen molar-refractivity contribution in [2.75, 3.05) is 6.61 Å². The van der Waals surface area contributed by atoms with Crippen LogP contribution in [0, 0.1) is 5.92 Å². The summed E-state index contributed by atoms with van der Waals surface area (Å²) in [4.78, 5) is 42.6. The number of carbonyl (C=O) groups is 3. The second-order valence-corrected chi connectivity index (χ2v) is 8.70. The average molecular weight is 497 g/mol. The van der Waals surface area contributed by atoms with E-state index in [0.717, 1.165) is 5.56 Å². The number of imidazole rings is 1. The SMILES string of the molecule is CC[C@H](C)[C@H](NC(=O)c1ccc(Cl)cc1)C(=O)OCC(=O)NC(c1ccccc1)c1nccn1C. The minimum absolute atomic E-state index is 0.202. The quantitative estimate of drug-likeness (QED) is 0.417. The van der Waals surface area contributed by atoms with Gasteiger partial charge < -0.3 is 19.9 Å². The molecule has 2 N–H and O–H groups in total. The van der Waals surface area contributed by atoms with Gasteiger partial charge in [-0.05, 0) is 35.7 Å². The van der Waals surface area contributed by atoms with Crippen molar-refractivity contribution in [2.45, 2.75) is 32.4 Å². The minimum Gasteiger partial charge on any atom is -0.454 e. The van der Waals surface area contributed by atoms with Gasteiger partial charge in [-0.3, -0.25) is 9.59 Å². The molecular formula is C26H29ClN4O4. The van der Waals surface area contributed by atoms with E-state index in [4.69, 9.17) is 16.3 Å². The number of hydrogen-bond acceptors (Lipinski definition) is 5. The number of nitrogens with zero attached hydrogens (tertiary/aromatic N) is 2. The van der Waals surface area contributed by atoms with Crippen LogP contribution >= 0.6 is 11.6 Å². The zero-order valence-corrected chi connectivity index (χ0v) is 20.7.